The number of benzene rings is 1. The Morgan fingerprint density at radius 2 is 2.05 bits per heavy atom. The van der Waals surface area contributed by atoms with E-state index in [2.05, 4.69) is 40.4 Å². The van der Waals surface area contributed by atoms with E-state index in [9.17, 15) is 4.79 Å². The first-order chi connectivity index (χ1) is 10.8. The summed E-state index contributed by atoms with van der Waals surface area (Å²) in [5.74, 6) is 0.216. The van der Waals surface area contributed by atoms with E-state index in [-0.39, 0.29) is 5.91 Å². The predicted octanol–water partition coefficient (Wildman–Crippen LogP) is 4.14. The normalized spacial score (nSPS) is 11.0. The molecule has 0 fully saturated rings. The largest absolute Gasteiger partial charge is 0.347 e. The maximum Gasteiger partial charge on any atom is 0.224 e. The van der Waals surface area contributed by atoms with Crippen molar-refractivity contribution in [3.63, 3.8) is 0 Å². The van der Waals surface area contributed by atoms with Gasteiger partial charge in [0.1, 0.15) is 0 Å². The second-order valence-corrected chi connectivity index (χ2v) is 6.34. The summed E-state index contributed by atoms with van der Waals surface area (Å²) in [7, 11) is 0. The van der Waals surface area contributed by atoms with Crippen molar-refractivity contribution in [1.29, 1.82) is 0 Å². The molecule has 0 radical (unpaired) electrons. The van der Waals surface area contributed by atoms with E-state index in [1.165, 1.54) is 15.8 Å². The maximum absolute atomic E-state index is 12.4. The number of para-hydroxylation sites is 1. The quantitative estimate of drug-likeness (QED) is 0.671. The number of hydrogen-bond donors (Lipinski definition) is 0. The molecule has 0 bridgehead atoms. The summed E-state index contributed by atoms with van der Waals surface area (Å²) in [6.45, 7) is 4.24. The zero-order valence-electron chi connectivity index (χ0n) is 12.7. The third kappa shape index (κ3) is 3.22. The predicted molar refractivity (Wildman–Crippen MR) is 92.0 cm³/mol. The van der Waals surface area contributed by atoms with Gasteiger partial charge >= 0.3 is 0 Å². The Balaban J connectivity index is 1.63. The molecule has 0 N–H and O–H groups in total. The Morgan fingerprint density at radius 1 is 1.18 bits per heavy atom. The molecule has 0 unspecified atom stereocenters. The van der Waals surface area contributed by atoms with Crippen molar-refractivity contribution in [2.75, 3.05) is 6.54 Å². The first-order valence-electron chi connectivity index (χ1n) is 7.62. The van der Waals surface area contributed by atoms with Gasteiger partial charge in [0.15, 0.2) is 0 Å². The van der Waals surface area contributed by atoms with Gasteiger partial charge < -0.3 is 9.47 Å². The molecule has 4 heteroatoms. The molecule has 0 aliphatic rings. The van der Waals surface area contributed by atoms with E-state index < -0.39 is 0 Å². The molecule has 0 saturated heterocycles. The molecule has 0 atom stereocenters. The van der Waals surface area contributed by atoms with Crippen LogP contribution in [0.5, 0.6) is 0 Å². The van der Waals surface area contributed by atoms with E-state index in [4.69, 9.17) is 0 Å². The first-order valence-corrected chi connectivity index (χ1v) is 8.50. The van der Waals surface area contributed by atoms with Crippen LogP contribution in [0.1, 0.15) is 18.2 Å². The van der Waals surface area contributed by atoms with Gasteiger partial charge in [-0.1, -0.05) is 24.3 Å². The van der Waals surface area contributed by atoms with E-state index in [0.717, 1.165) is 19.6 Å². The third-order valence-corrected chi connectivity index (χ3v) is 4.77. The average molecular weight is 312 g/mol. The van der Waals surface area contributed by atoms with Crippen molar-refractivity contribution in [1.82, 2.24) is 9.47 Å². The van der Waals surface area contributed by atoms with E-state index in [1.807, 2.05) is 30.0 Å². The lowest BCUT2D eigenvalue weighted by Gasteiger charge is -2.20. The second-order valence-electron chi connectivity index (χ2n) is 5.31. The highest BCUT2D eigenvalue weighted by molar-refractivity contribution is 7.09. The van der Waals surface area contributed by atoms with Crippen LogP contribution in [0.25, 0.3) is 10.9 Å². The fourth-order valence-corrected chi connectivity index (χ4v) is 3.40. The molecule has 0 aliphatic heterocycles. The van der Waals surface area contributed by atoms with Crippen LogP contribution in [0.2, 0.25) is 0 Å². The maximum atomic E-state index is 12.4. The fraction of sp³-hybridized carbons (Fsp3) is 0.278. The highest BCUT2D eigenvalue weighted by Gasteiger charge is 2.13. The molecule has 1 amide bonds. The van der Waals surface area contributed by atoms with Gasteiger partial charge in [0.05, 0.1) is 6.54 Å². The zero-order chi connectivity index (χ0) is 15.4. The van der Waals surface area contributed by atoms with Crippen LogP contribution in [-0.4, -0.2) is 21.9 Å². The Morgan fingerprint density at radius 3 is 2.82 bits per heavy atom. The first kappa shape index (κ1) is 14.9. The third-order valence-electron chi connectivity index (χ3n) is 3.91. The van der Waals surface area contributed by atoms with Crippen molar-refractivity contribution in [2.24, 2.45) is 0 Å². The number of thiophene rings is 1. The van der Waals surface area contributed by atoms with Gasteiger partial charge in [-0.15, -0.1) is 11.3 Å². The minimum Gasteiger partial charge on any atom is -0.347 e. The molecule has 2 aromatic heterocycles. The van der Waals surface area contributed by atoms with Crippen LogP contribution >= 0.6 is 11.3 Å². The summed E-state index contributed by atoms with van der Waals surface area (Å²) in [5, 5.41) is 3.28. The van der Waals surface area contributed by atoms with Crippen molar-refractivity contribution in [3.8, 4) is 0 Å². The number of amides is 1. The van der Waals surface area contributed by atoms with Crippen LogP contribution in [-0.2, 0) is 17.9 Å². The summed E-state index contributed by atoms with van der Waals surface area (Å²) < 4.78 is 2.16. The SMILES string of the molecule is CCN(Cc1cccs1)C(=O)CCn1ccc2ccccc21. The molecule has 0 aliphatic carbocycles. The highest BCUT2D eigenvalue weighted by Crippen LogP contribution is 2.16. The molecule has 22 heavy (non-hydrogen) atoms. The Hall–Kier alpha value is -2.07. The second kappa shape index (κ2) is 6.79. The number of fused-ring (bicyclic) bond motifs is 1. The monoisotopic (exact) mass is 312 g/mol. The van der Waals surface area contributed by atoms with Gasteiger partial charge in [0, 0.05) is 36.1 Å². The molecule has 3 rings (SSSR count). The number of aryl methyl sites for hydroxylation is 1. The van der Waals surface area contributed by atoms with Crippen LogP contribution in [0.15, 0.2) is 54.0 Å². The molecular weight excluding hydrogens is 292 g/mol. The van der Waals surface area contributed by atoms with Gasteiger partial charge in [-0.05, 0) is 35.9 Å². The van der Waals surface area contributed by atoms with Crippen molar-refractivity contribution >= 4 is 28.1 Å². The molecule has 0 saturated carbocycles. The lowest BCUT2D eigenvalue weighted by molar-refractivity contribution is -0.131. The van der Waals surface area contributed by atoms with Crippen LogP contribution in [0.4, 0.5) is 0 Å². The van der Waals surface area contributed by atoms with Crippen molar-refractivity contribution < 1.29 is 4.79 Å². The van der Waals surface area contributed by atoms with Crippen molar-refractivity contribution in [3.05, 3.63) is 58.9 Å². The van der Waals surface area contributed by atoms with Gasteiger partial charge in [-0.3, -0.25) is 4.79 Å². The number of aromatic nitrogens is 1. The summed E-state index contributed by atoms with van der Waals surface area (Å²) in [6, 6.07) is 14.5. The molecule has 114 valence electrons. The smallest absolute Gasteiger partial charge is 0.224 e. The van der Waals surface area contributed by atoms with E-state index in [0.29, 0.717) is 6.42 Å². The Labute approximate surface area is 134 Å². The van der Waals surface area contributed by atoms with Crippen LogP contribution < -0.4 is 0 Å². The van der Waals surface area contributed by atoms with Crippen LogP contribution in [0, 0.1) is 0 Å². The van der Waals surface area contributed by atoms with Crippen LogP contribution in [0.3, 0.4) is 0 Å². The molecule has 1 aromatic carbocycles. The molecule has 3 aromatic rings. The number of carbonyl (C=O) groups excluding carboxylic acids is 1. The van der Waals surface area contributed by atoms with Crippen molar-refractivity contribution in [2.45, 2.75) is 26.4 Å². The molecule has 2 heterocycles. The van der Waals surface area contributed by atoms with Gasteiger partial charge in [-0.25, -0.2) is 0 Å². The topological polar surface area (TPSA) is 25.2 Å². The molecular formula is C18H20N2OS. The molecule has 3 nitrogen and oxygen atoms in total. The number of nitrogens with zero attached hydrogens (tertiary/aromatic N) is 2. The highest BCUT2D eigenvalue weighted by atomic mass is 32.1. The number of hydrogen-bond acceptors (Lipinski definition) is 2. The Bertz CT molecular complexity index is 745. The van der Waals surface area contributed by atoms with E-state index in [1.54, 1.807) is 11.3 Å². The summed E-state index contributed by atoms with van der Waals surface area (Å²) in [6.07, 6.45) is 2.60. The average Bonchev–Trinajstić information content (AvgIpc) is 3.20. The Kier molecular flexibility index (Phi) is 4.59. The lowest BCUT2D eigenvalue weighted by atomic mass is 10.2. The van der Waals surface area contributed by atoms with E-state index >= 15 is 0 Å². The van der Waals surface area contributed by atoms with Gasteiger partial charge in [-0.2, -0.15) is 0 Å². The molecule has 0 spiro atoms. The summed E-state index contributed by atoms with van der Waals surface area (Å²) in [4.78, 5) is 15.6. The number of rotatable bonds is 6. The fourth-order valence-electron chi connectivity index (χ4n) is 2.68. The minimum absolute atomic E-state index is 0.216. The van der Waals surface area contributed by atoms with Gasteiger partial charge in [0.25, 0.3) is 0 Å². The number of carbonyl (C=O) groups is 1. The zero-order valence-corrected chi connectivity index (χ0v) is 13.6. The lowest BCUT2D eigenvalue weighted by Crippen LogP contribution is -2.30. The minimum atomic E-state index is 0.216. The van der Waals surface area contributed by atoms with Gasteiger partial charge in [0.2, 0.25) is 5.91 Å². The summed E-state index contributed by atoms with van der Waals surface area (Å²) >= 11 is 1.70. The standard InChI is InChI=1S/C18H20N2OS/c1-2-19(14-16-7-5-13-22-16)18(21)10-12-20-11-9-15-6-3-4-8-17(15)20/h3-9,11,13H,2,10,12,14H2,1H3. The summed E-state index contributed by atoms with van der Waals surface area (Å²) in [5.41, 5.74) is 1.19.